The van der Waals surface area contributed by atoms with Crippen molar-refractivity contribution in [3.63, 3.8) is 0 Å². The van der Waals surface area contributed by atoms with Crippen LogP contribution in [0.15, 0.2) is 57.8 Å². The molecule has 29 heavy (non-hydrogen) atoms. The molecule has 1 aromatic heterocycles. The molecule has 2 aromatic carbocycles. The number of aryl methyl sites for hydroxylation is 1. The number of benzene rings is 2. The minimum Gasteiger partial charge on any atom is -0.446 e. The maximum atomic E-state index is 13.0. The highest BCUT2D eigenvalue weighted by Crippen LogP contribution is 2.24. The topological polar surface area (TPSA) is 50.5 Å². The first kappa shape index (κ1) is 20.3. The van der Waals surface area contributed by atoms with Crippen molar-refractivity contribution in [3.8, 4) is 36.0 Å². The van der Waals surface area contributed by atoms with Crippen LogP contribution in [0.1, 0.15) is 23.8 Å². The Morgan fingerprint density at radius 2 is 1.72 bits per heavy atom. The van der Waals surface area contributed by atoms with Crippen LogP contribution in [0.25, 0.3) is 11.0 Å². The van der Waals surface area contributed by atoms with Gasteiger partial charge >= 0.3 is 0 Å². The van der Waals surface area contributed by atoms with Crippen LogP contribution in [0.2, 0.25) is 0 Å². The third kappa shape index (κ3) is 4.36. The molecule has 0 spiro atoms. The van der Waals surface area contributed by atoms with Gasteiger partial charge in [0.1, 0.15) is 5.58 Å². The van der Waals surface area contributed by atoms with Crippen molar-refractivity contribution >= 4 is 21.0 Å². The Labute approximate surface area is 171 Å². The Kier molecular flexibility index (Phi) is 6.10. The number of hydrogen-bond donors (Lipinski definition) is 0. The second-order valence-corrected chi connectivity index (χ2v) is 8.20. The molecule has 1 heterocycles. The third-order valence-corrected chi connectivity index (χ3v) is 6.09. The molecule has 0 atom stereocenters. The molecule has 144 valence electrons. The van der Waals surface area contributed by atoms with Crippen LogP contribution in [0.3, 0.4) is 0 Å². The van der Waals surface area contributed by atoms with Crippen LogP contribution in [0.5, 0.6) is 0 Å². The number of para-hydroxylation sites is 1. The molecule has 3 aromatic rings. The third-order valence-electron chi connectivity index (χ3n) is 4.29. The predicted molar refractivity (Wildman–Crippen MR) is 114 cm³/mol. The van der Waals surface area contributed by atoms with Gasteiger partial charge in [-0.15, -0.1) is 12.3 Å². The Bertz CT molecular complexity index is 1300. The number of nitrogens with zero attached hydrogens (tertiary/aromatic N) is 1. The van der Waals surface area contributed by atoms with Gasteiger partial charge in [0.25, 0.3) is 0 Å². The lowest BCUT2D eigenvalue weighted by molar-refractivity contribution is 0.482. The highest BCUT2D eigenvalue weighted by molar-refractivity contribution is 7.89. The lowest BCUT2D eigenvalue weighted by atomic mass is 10.1. The molecule has 0 aliphatic carbocycles. The van der Waals surface area contributed by atoms with Gasteiger partial charge in [-0.1, -0.05) is 47.6 Å². The molecule has 0 aliphatic heterocycles. The van der Waals surface area contributed by atoms with E-state index in [0.29, 0.717) is 16.9 Å². The van der Waals surface area contributed by atoms with E-state index < -0.39 is 10.0 Å². The van der Waals surface area contributed by atoms with Crippen molar-refractivity contribution in [2.45, 2.75) is 18.7 Å². The zero-order chi connectivity index (χ0) is 20.9. The summed E-state index contributed by atoms with van der Waals surface area (Å²) in [6.45, 7) is 3.60. The normalized spacial score (nSPS) is 10.7. The zero-order valence-corrected chi connectivity index (χ0v) is 17.0. The summed E-state index contributed by atoms with van der Waals surface area (Å²) in [4.78, 5) is 0.209. The molecular weight excluding hydrogens is 382 g/mol. The van der Waals surface area contributed by atoms with Crippen LogP contribution in [0, 0.1) is 42.9 Å². The average Bonchev–Trinajstić information content (AvgIpc) is 3.08. The van der Waals surface area contributed by atoms with Gasteiger partial charge in [0.15, 0.2) is 5.76 Å². The summed E-state index contributed by atoms with van der Waals surface area (Å²) in [5, 5.41) is 0.800. The van der Waals surface area contributed by atoms with E-state index in [1.165, 1.54) is 4.31 Å². The summed E-state index contributed by atoms with van der Waals surface area (Å²) < 4.78 is 32.9. The number of furan rings is 1. The standard InChI is InChI=1S/C24H19NO3S/c1-4-6-17-25(29(26,27)20-15-13-19(3)14-16-20)18-9-11-21-22-10-7-8-12-24(22)28-23(21)5-2/h2,7-8,10,12-16H,17-18H2,1,3H3. The Balaban J connectivity index is 1.95. The molecular formula is C24H19NO3S. The molecule has 5 heteroatoms. The molecule has 0 amide bonds. The van der Waals surface area contributed by atoms with Crippen LogP contribution in [0.4, 0.5) is 0 Å². The molecule has 0 bridgehead atoms. The van der Waals surface area contributed by atoms with Crippen LogP contribution >= 0.6 is 0 Å². The number of sulfonamides is 1. The Hall–Kier alpha value is -3.43. The van der Waals surface area contributed by atoms with Gasteiger partial charge in [0.05, 0.1) is 23.5 Å². The van der Waals surface area contributed by atoms with Crippen molar-refractivity contribution in [3.05, 3.63) is 65.4 Å². The Morgan fingerprint density at radius 1 is 1.03 bits per heavy atom. The van der Waals surface area contributed by atoms with Gasteiger partial charge in [-0.2, -0.15) is 4.31 Å². The van der Waals surface area contributed by atoms with E-state index >= 15 is 0 Å². The lowest BCUT2D eigenvalue weighted by Gasteiger charge is -2.17. The summed E-state index contributed by atoms with van der Waals surface area (Å²) in [6.07, 6.45) is 5.53. The highest BCUT2D eigenvalue weighted by Gasteiger charge is 2.23. The van der Waals surface area contributed by atoms with E-state index in [4.69, 9.17) is 10.8 Å². The first-order valence-corrected chi connectivity index (χ1v) is 10.3. The zero-order valence-electron chi connectivity index (χ0n) is 16.2. The average molecular weight is 401 g/mol. The monoisotopic (exact) mass is 401 g/mol. The SMILES string of the molecule is C#Cc1oc2ccccc2c1C#CCN(CC#CC)S(=O)(=O)c1ccc(C)cc1. The maximum Gasteiger partial charge on any atom is 0.244 e. The van der Waals surface area contributed by atoms with Crippen molar-refractivity contribution < 1.29 is 12.8 Å². The molecule has 0 saturated carbocycles. The highest BCUT2D eigenvalue weighted by atomic mass is 32.2. The summed E-state index contributed by atoms with van der Waals surface area (Å²) in [5.41, 5.74) is 2.21. The first-order valence-electron chi connectivity index (χ1n) is 8.91. The minimum absolute atomic E-state index is 0.0194. The number of hydrogen-bond acceptors (Lipinski definition) is 3. The summed E-state index contributed by atoms with van der Waals surface area (Å²) in [5.74, 6) is 14.3. The van der Waals surface area contributed by atoms with Gasteiger partial charge in [-0.05, 0) is 44.0 Å². The number of fused-ring (bicyclic) bond motifs is 1. The summed E-state index contributed by atoms with van der Waals surface area (Å²) >= 11 is 0. The van der Waals surface area contributed by atoms with Crippen LogP contribution in [-0.4, -0.2) is 25.8 Å². The van der Waals surface area contributed by atoms with E-state index in [1.807, 2.05) is 31.2 Å². The largest absolute Gasteiger partial charge is 0.446 e. The van der Waals surface area contributed by atoms with Gasteiger partial charge in [-0.3, -0.25) is 0 Å². The van der Waals surface area contributed by atoms with Gasteiger partial charge < -0.3 is 4.42 Å². The molecule has 0 aliphatic rings. The van der Waals surface area contributed by atoms with Crippen LogP contribution < -0.4 is 0 Å². The van der Waals surface area contributed by atoms with Gasteiger partial charge in [0, 0.05) is 5.39 Å². The fourth-order valence-electron chi connectivity index (χ4n) is 2.74. The number of rotatable bonds is 4. The van der Waals surface area contributed by atoms with Gasteiger partial charge in [-0.25, -0.2) is 8.42 Å². The molecule has 0 N–H and O–H groups in total. The fraction of sp³-hybridized carbons (Fsp3) is 0.167. The summed E-state index contributed by atoms with van der Waals surface area (Å²) in [6, 6.07) is 14.1. The predicted octanol–water partition coefficient (Wildman–Crippen LogP) is 3.79. The molecule has 0 unspecified atom stereocenters. The van der Waals surface area contributed by atoms with Gasteiger partial charge in [0.2, 0.25) is 10.0 Å². The van der Waals surface area contributed by atoms with E-state index in [0.717, 1.165) is 10.9 Å². The van der Waals surface area contributed by atoms with E-state index in [9.17, 15) is 8.42 Å². The first-order chi connectivity index (χ1) is 14.0. The smallest absolute Gasteiger partial charge is 0.244 e. The lowest BCUT2D eigenvalue weighted by Crippen LogP contribution is -2.32. The maximum absolute atomic E-state index is 13.0. The van der Waals surface area contributed by atoms with Crippen molar-refractivity contribution in [2.75, 3.05) is 13.1 Å². The van der Waals surface area contributed by atoms with E-state index in [1.54, 1.807) is 31.2 Å². The summed E-state index contributed by atoms with van der Waals surface area (Å²) in [7, 11) is -3.72. The minimum atomic E-state index is -3.72. The molecule has 0 radical (unpaired) electrons. The Morgan fingerprint density at radius 3 is 2.41 bits per heavy atom. The van der Waals surface area contributed by atoms with Crippen molar-refractivity contribution in [1.29, 1.82) is 0 Å². The quantitative estimate of drug-likeness (QED) is 0.625. The van der Waals surface area contributed by atoms with E-state index in [-0.39, 0.29) is 18.0 Å². The molecule has 0 fully saturated rings. The molecule has 0 saturated heterocycles. The number of terminal acetylenes is 1. The molecule has 4 nitrogen and oxygen atoms in total. The molecule has 3 rings (SSSR count). The second kappa shape index (κ2) is 8.72. The fourth-order valence-corrected chi connectivity index (χ4v) is 3.99. The van der Waals surface area contributed by atoms with Crippen molar-refractivity contribution in [2.24, 2.45) is 0 Å². The van der Waals surface area contributed by atoms with E-state index in [2.05, 4.69) is 29.6 Å². The van der Waals surface area contributed by atoms with Crippen LogP contribution in [-0.2, 0) is 10.0 Å². The second-order valence-electron chi connectivity index (χ2n) is 6.26. The van der Waals surface area contributed by atoms with Crippen molar-refractivity contribution in [1.82, 2.24) is 4.31 Å².